The van der Waals surface area contributed by atoms with Gasteiger partial charge in [0.1, 0.15) is 0 Å². The van der Waals surface area contributed by atoms with Gasteiger partial charge in [0.15, 0.2) is 0 Å². The summed E-state index contributed by atoms with van der Waals surface area (Å²) >= 11 is 3.59. The van der Waals surface area contributed by atoms with E-state index in [1.165, 1.54) is 58.5 Å². The Bertz CT molecular complexity index is 1940. The normalized spacial score (nSPS) is 11.7. The smallest absolute Gasteiger partial charge is 0.0283 e. The van der Waals surface area contributed by atoms with Crippen LogP contribution in [0.15, 0.2) is 164 Å². The van der Waals surface area contributed by atoms with Gasteiger partial charge < -0.3 is 0 Å². The van der Waals surface area contributed by atoms with Crippen molar-refractivity contribution in [3.63, 3.8) is 0 Å². The van der Waals surface area contributed by atoms with E-state index in [1.54, 1.807) is 22.7 Å². The van der Waals surface area contributed by atoms with Crippen molar-refractivity contribution in [3.8, 4) is 0 Å². The number of aromatic nitrogens is 1. The second-order valence-corrected chi connectivity index (χ2v) is 13.6. The first-order valence-electron chi connectivity index (χ1n) is 15.9. The topological polar surface area (TPSA) is 12.9 Å². The first kappa shape index (κ1) is 31.0. The van der Waals surface area contributed by atoms with Gasteiger partial charge in [0.2, 0.25) is 0 Å². The molecular weight excluding hydrogens is 619 g/mol. The van der Waals surface area contributed by atoms with Gasteiger partial charge in [-0.05, 0) is 105 Å². The Labute approximate surface area is 290 Å². The molecule has 0 unspecified atom stereocenters. The van der Waals surface area contributed by atoms with Gasteiger partial charge >= 0.3 is 0 Å². The molecule has 0 saturated heterocycles. The van der Waals surface area contributed by atoms with Crippen molar-refractivity contribution in [1.29, 1.82) is 0 Å². The van der Waals surface area contributed by atoms with Gasteiger partial charge in [0.05, 0.1) is 0 Å². The van der Waals surface area contributed by atoms with Crippen molar-refractivity contribution in [3.05, 3.63) is 217 Å². The molecule has 48 heavy (non-hydrogen) atoms. The Morgan fingerprint density at radius 2 is 0.708 bits per heavy atom. The fourth-order valence-corrected chi connectivity index (χ4v) is 7.20. The highest BCUT2D eigenvalue weighted by Crippen LogP contribution is 2.31. The van der Waals surface area contributed by atoms with Crippen molar-refractivity contribution in [2.24, 2.45) is 0 Å². The molecule has 0 N–H and O–H groups in total. The van der Waals surface area contributed by atoms with E-state index >= 15 is 0 Å². The number of hydrogen-bond donors (Lipinski definition) is 0. The zero-order valence-electron chi connectivity index (χ0n) is 26.3. The molecule has 3 heteroatoms. The number of rotatable bonds is 10. The zero-order chi connectivity index (χ0) is 32.4. The van der Waals surface area contributed by atoms with Gasteiger partial charge in [-0.2, -0.15) is 0 Å². The Balaban J connectivity index is 1.02. The Morgan fingerprint density at radius 3 is 1.10 bits per heavy atom. The molecule has 0 atom stereocenters. The third-order valence-electron chi connectivity index (χ3n) is 7.93. The fraction of sp³-hybridized carbons (Fsp3) is 0. The average molecular weight is 652 g/mol. The Morgan fingerprint density at radius 1 is 0.354 bits per heavy atom. The Hall–Kier alpha value is -5.61. The second kappa shape index (κ2) is 15.3. The van der Waals surface area contributed by atoms with E-state index in [9.17, 15) is 0 Å². The fourth-order valence-electron chi connectivity index (χ4n) is 5.48. The van der Waals surface area contributed by atoms with Crippen LogP contribution in [0.5, 0.6) is 0 Å². The van der Waals surface area contributed by atoms with E-state index in [-0.39, 0.29) is 0 Å². The number of thiophene rings is 2. The minimum absolute atomic E-state index is 1.16. The molecule has 0 aliphatic heterocycles. The van der Waals surface area contributed by atoms with Crippen LogP contribution in [0.1, 0.15) is 52.9 Å². The van der Waals surface area contributed by atoms with Crippen LogP contribution in [0.4, 0.5) is 0 Å². The summed E-state index contributed by atoms with van der Waals surface area (Å²) in [5.41, 5.74) is 9.58. The molecule has 3 aromatic heterocycles. The average Bonchev–Trinajstić information content (AvgIpc) is 3.82. The maximum atomic E-state index is 4.20. The summed E-state index contributed by atoms with van der Waals surface area (Å²) in [6, 6.07) is 53.4. The standard InChI is InChI=1S/C45H33NS2/c1-4-10-36(11-5-1)44(37-12-6-2-7-13-37)32-42-26-24-40(47-42)22-20-34-16-18-35(19-17-34)21-23-41-25-27-43(48-41)33-45(38-14-8-3-9-15-38)39-28-30-46-31-29-39/h1-33H. The molecular formula is C45H33NS2. The van der Waals surface area contributed by atoms with Gasteiger partial charge in [0, 0.05) is 31.9 Å². The lowest BCUT2D eigenvalue weighted by atomic mass is 9.97. The maximum absolute atomic E-state index is 4.20. The summed E-state index contributed by atoms with van der Waals surface area (Å²) in [7, 11) is 0. The van der Waals surface area contributed by atoms with E-state index < -0.39 is 0 Å². The lowest BCUT2D eigenvalue weighted by molar-refractivity contribution is 1.32. The molecule has 4 aromatic carbocycles. The van der Waals surface area contributed by atoms with Gasteiger partial charge in [-0.3, -0.25) is 4.98 Å². The summed E-state index contributed by atoms with van der Waals surface area (Å²) in [6.45, 7) is 0. The summed E-state index contributed by atoms with van der Waals surface area (Å²) < 4.78 is 0. The van der Waals surface area contributed by atoms with E-state index in [1.807, 2.05) is 12.4 Å². The molecule has 0 radical (unpaired) electrons. The molecule has 7 aromatic rings. The van der Waals surface area contributed by atoms with Crippen LogP contribution >= 0.6 is 22.7 Å². The van der Waals surface area contributed by atoms with Crippen molar-refractivity contribution >= 4 is 70.3 Å². The maximum Gasteiger partial charge on any atom is 0.0283 e. The van der Waals surface area contributed by atoms with Crippen molar-refractivity contribution < 1.29 is 0 Å². The van der Waals surface area contributed by atoms with Crippen LogP contribution in [-0.2, 0) is 0 Å². The number of nitrogens with zero attached hydrogens (tertiary/aromatic N) is 1. The third-order valence-corrected chi connectivity index (χ3v) is 9.93. The molecule has 3 heterocycles. The van der Waals surface area contributed by atoms with Crippen LogP contribution in [0.2, 0.25) is 0 Å². The third kappa shape index (κ3) is 8.02. The SMILES string of the molecule is C(=Cc1ccc(C=C(c2ccccc2)c2ccccc2)s1)c1ccc(C=Cc2ccc(C=C(c3ccccc3)c3ccncc3)s2)cc1. The molecule has 0 bridgehead atoms. The van der Waals surface area contributed by atoms with Crippen LogP contribution in [0.3, 0.4) is 0 Å². The summed E-state index contributed by atoms with van der Waals surface area (Å²) in [5, 5.41) is 0. The van der Waals surface area contributed by atoms with Gasteiger partial charge in [-0.15, -0.1) is 22.7 Å². The van der Waals surface area contributed by atoms with Crippen molar-refractivity contribution in [1.82, 2.24) is 4.98 Å². The minimum atomic E-state index is 1.16. The number of benzene rings is 4. The van der Waals surface area contributed by atoms with Gasteiger partial charge in [-0.1, -0.05) is 127 Å². The van der Waals surface area contributed by atoms with Crippen LogP contribution < -0.4 is 0 Å². The predicted molar refractivity (Wildman–Crippen MR) is 210 cm³/mol. The van der Waals surface area contributed by atoms with E-state index in [0.717, 1.165) is 5.56 Å². The Kier molecular flexibility index (Phi) is 9.90. The first-order chi connectivity index (χ1) is 23.8. The molecule has 7 rings (SSSR count). The highest BCUT2D eigenvalue weighted by molar-refractivity contribution is 7.14. The van der Waals surface area contributed by atoms with Crippen LogP contribution in [0, 0.1) is 0 Å². The largest absolute Gasteiger partial charge is 0.265 e. The monoisotopic (exact) mass is 651 g/mol. The molecule has 0 aliphatic rings. The molecule has 0 fully saturated rings. The molecule has 230 valence electrons. The summed E-state index contributed by atoms with van der Waals surface area (Å²) in [4.78, 5) is 9.10. The van der Waals surface area contributed by atoms with Crippen molar-refractivity contribution in [2.45, 2.75) is 0 Å². The molecule has 0 spiro atoms. The highest BCUT2D eigenvalue weighted by Gasteiger charge is 2.07. The summed E-state index contributed by atoms with van der Waals surface area (Å²) in [5.74, 6) is 0. The van der Waals surface area contributed by atoms with E-state index in [4.69, 9.17) is 0 Å². The quantitative estimate of drug-likeness (QED) is 0.143. The van der Waals surface area contributed by atoms with Crippen LogP contribution in [-0.4, -0.2) is 4.98 Å². The molecule has 0 amide bonds. The van der Waals surface area contributed by atoms with E-state index in [0.29, 0.717) is 0 Å². The predicted octanol–water partition coefficient (Wildman–Crippen LogP) is 12.7. The van der Waals surface area contributed by atoms with Gasteiger partial charge in [0.25, 0.3) is 0 Å². The van der Waals surface area contributed by atoms with Crippen molar-refractivity contribution in [2.75, 3.05) is 0 Å². The lowest BCUT2D eigenvalue weighted by Gasteiger charge is -2.08. The lowest BCUT2D eigenvalue weighted by Crippen LogP contribution is -1.87. The van der Waals surface area contributed by atoms with E-state index in [2.05, 4.69) is 193 Å². The molecule has 1 nitrogen and oxygen atoms in total. The second-order valence-electron chi connectivity index (χ2n) is 11.3. The highest BCUT2D eigenvalue weighted by atomic mass is 32.1. The van der Waals surface area contributed by atoms with Gasteiger partial charge in [-0.25, -0.2) is 0 Å². The summed E-state index contributed by atoms with van der Waals surface area (Å²) in [6.07, 6.45) is 17.0. The first-order valence-corrected chi connectivity index (χ1v) is 17.6. The molecule has 0 saturated carbocycles. The number of hydrogen-bond acceptors (Lipinski definition) is 3. The molecule has 0 aliphatic carbocycles. The van der Waals surface area contributed by atoms with Crippen LogP contribution in [0.25, 0.3) is 47.6 Å². The zero-order valence-corrected chi connectivity index (χ0v) is 27.9. The minimum Gasteiger partial charge on any atom is -0.265 e. The number of pyridine rings is 1.